The monoisotopic (exact) mass is 195 g/mol. The molecule has 0 radical (unpaired) electrons. The molecule has 0 aromatic carbocycles. The maximum Gasteiger partial charge on any atom is 0.179 e. The van der Waals surface area contributed by atoms with Crippen LogP contribution in [0.25, 0.3) is 0 Å². The zero-order valence-corrected chi connectivity index (χ0v) is 8.79. The van der Waals surface area contributed by atoms with Crippen molar-refractivity contribution < 1.29 is 4.74 Å². The molecule has 0 bridgehead atoms. The second-order valence-electron chi connectivity index (χ2n) is 3.94. The summed E-state index contributed by atoms with van der Waals surface area (Å²) in [6, 6.07) is 0. The molecule has 1 fully saturated rings. The molecule has 2 rings (SSSR count). The van der Waals surface area contributed by atoms with Gasteiger partial charge in [-0.1, -0.05) is 12.8 Å². The number of H-pyrrole nitrogens is 1. The lowest BCUT2D eigenvalue weighted by molar-refractivity contribution is 0.112. The number of hydrogen-bond donors (Lipinski definition) is 1. The SMILES string of the molecule is COC(C)c1n[nH]c(C2CCCC2)n1. The predicted molar refractivity (Wildman–Crippen MR) is 53.0 cm³/mol. The van der Waals surface area contributed by atoms with E-state index < -0.39 is 0 Å². The predicted octanol–water partition coefficient (Wildman–Crippen LogP) is 2.17. The fraction of sp³-hybridized carbons (Fsp3) is 0.800. The molecule has 0 spiro atoms. The summed E-state index contributed by atoms with van der Waals surface area (Å²) in [7, 11) is 1.68. The summed E-state index contributed by atoms with van der Waals surface area (Å²) in [6.45, 7) is 1.96. The van der Waals surface area contributed by atoms with Gasteiger partial charge in [0.25, 0.3) is 0 Å². The molecule has 14 heavy (non-hydrogen) atoms. The number of ether oxygens (including phenoxy) is 1. The van der Waals surface area contributed by atoms with E-state index in [0.717, 1.165) is 11.6 Å². The Morgan fingerprint density at radius 3 is 2.79 bits per heavy atom. The number of aromatic nitrogens is 3. The minimum Gasteiger partial charge on any atom is -0.374 e. The van der Waals surface area contributed by atoms with E-state index in [-0.39, 0.29) is 6.10 Å². The highest BCUT2D eigenvalue weighted by Gasteiger charge is 2.21. The number of nitrogens with zero attached hydrogens (tertiary/aromatic N) is 2. The lowest BCUT2D eigenvalue weighted by Gasteiger charge is -2.04. The van der Waals surface area contributed by atoms with Crippen molar-refractivity contribution in [2.45, 2.75) is 44.6 Å². The van der Waals surface area contributed by atoms with Crippen molar-refractivity contribution in [2.24, 2.45) is 0 Å². The van der Waals surface area contributed by atoms with Gasteiger partial charge in [-0.2, -0.15) is 5.10 Å². The van der Waals surface area contributed by atoms with Gasteiger partial charge >= 0.3 is 0 Å². The second-order valence-corrected chi connectivity index (χ2v) is 3.94. The first-order chi connectivity index (χ1) is 6.81. The van der Waals surface area contributed by atoms with Crippen LogP contribution in [0.5, 0.6) is 0 Å². The van der Waals surface area contributed by atoms with Gasteiger partial charge in [-0.25, -0.2) is 4.98 Å². The third kappa shape index (κ3) is 1.80. The summed E-state index contributed by atoms with van der Waals surface area (Å²) >= 11 is 0. The summed E-state index contributed by atoms with van der Waals surface area (Å²) in [6.07, 6.45) is 5.12. The van der Waals surface area contributed by atoms with Crippen molar-refractivity contribution in [1.82, 2.24) is 15.2 Å². The average molecular weight is 195 g/mol. The Balaban J connectivity index is 2.08. The minimum atomic E-state index is -0.0126. The molecule has 1 atom stereocenters. The lowest BCUT2D eigenvalue weighted by Crippen LogP contribution is -1.99. The summed E-state index contributed by atoms with van der Waals surface area (Å²) < 4.78 is 5.17. The first-order valence-corrected chi connectivity index (χ1v) is 5.26. The molecule has 0 amide bonds. The molecule has 1 aliphatic rings. The Kier molecular flexibility index (Phi) is 2.82. The van der Waals surface area contributed by atoms with E-state index >= 15 is 0 Å². The van der Waals surface area contributed by atoms with Crippen molar-refractivity contribution in [3.8, 4) is 0 Å². The van der Waals surface area contributed by atoms with Crippen molar-refractivity contribution in [1.29, 1.82) is 0 Å². The Labute approximate surface area is 84.1 Å². The highest BCUT2D eigenvalue weighted by atomic mass is 16.5. The Morgan fingerprint density at radius 1 is 1.43 bits per heavy atom. The standard InChI is InChI=1S/C10H17N3O/c1-7(14-2)9-11-10(13-12-9)8-5-3-4-6-8/h7-8H,3-6H2,1-2H3,(H,11,12,13). The molecular formula is C10H17N3O. The van der Waals surface area contributed by atoms with Crippen LogP contribution in [0.4, 0.5) is 0 Å². The molecule has 4 heteroatoms. The van der Waals surface area contributed by atoms with E-state index in [0.29, 0.717) is 5.92 Å². The summed E-state index contributed by atoms with van der Waals surface area (Å²) in [5, 5.41) is 7.19. The number of aromatic amines is 1. The summed E-state index contributed by atoms with van der Waals surface area (Å²) in [5.41, 5.74) is 0. The van der Waals surface area contributed by atoms with Gasteiger partial charge in [-0.05, 0) is 19.8 Å². The van der Waals surface area contributed by atoms with Crippen LogP contribution >= 0.6 is 0 Å². The fourth-order valence-corrected chi connectivity index (χ4v) is 1.96. The first kappa shape index (κ1) is 9.65. The number of rotatable bonds is 3. The Bertz CT molecular complexity index is 291. The average Bonchev–Trinajstić information content (AvgIpc) is 2.86. The van der Waals surface area contributed by atoms with E-state index in [4.69, 9.17) is 4.74 Å². The quantitative estimate of drug-likeness (QED) is 0.804. The fourth-order valence-electron chi connectivity index (χ4n) is 1.96. The van der Waals surface area contributed by atoms with Gasteiger partial charge in [-0.15, -0.1) is 0 Å². The zero-order chi connectivity index (χ0) is 9.97. The molecular weight excluding hydrogens is 178 g/mol. The van der Waals surface area contributed by atoms with Gasteiger partial charge < -0.3 is 4.74 Å². The van der Waals surface area contributed by atoms with Crippen molar-refractivity contribution in [2.75, 3.05) is 7.11 Å². The van der Waals surface area contributed by atoms with Crippen LogP contribution in [0.3, 0.4) is 0 Å². The minimum absolute atomic E-state index is 0.0126. The molecule has 1 aliphatic carbocycles. The lowest BCUT2D eigenvalue weighted by atomic mass is 10.1. The van der Waals surface area contributed by atoms with Gasteiger partial charge in [0.05, 0.1) is 0 Å². The van der Waals surface area contributed by atoms with Crippen molar-refractivity contribution >= 4 is 0 Å². The van der Waals surface area contributed by atoms with Crippen molar-refractivity contribution in [3.63, 3.8) is 0 Å². The normalized spacial score (nSPS) is 20.1. The van der Waals surface area contributed by atoms with Gasteiger partial charge in [0.15, 0.2) is 5.82 Å². The smallest absolute Gasteiger partial charge is 0.179 e. The van der Waals surface area contributed by atoms with Crippen molar-refractivity contribution in [3.05, 3.63) is 11.6 Å². The molecule has 0 saturated heterocycles. The van der Waals surface area contributed by atoms with E-state index in [1.165, 1.54) is 25.7 Å². The van der Waals surface area contributed by atoms with Crippen LogP contribution in [0.15, 0.2) is 0 Å². The molecule has 1 unspecified atom stereocenters. The largest absolute Gasteiger partial charge is 0.374 e. The van der Waals surface area contributed by atoms with E-state index in [1.807, 2.05) is 6.92 Å². The third-order valence-electron chi connectivity index (χ3n) is 2.98. The van der Waals surface area contributed by atoms with Gasteiger partial charge in [0.2, 0.25) is 0 Å². The van der Waals surface area contributed by atoms with Crippen LogP contribution in [0.2, 0.25) is 0 Å². The topological polar surface area (TPSA) is 50.8 Å². The first-order valence-electron chi connectivity index (χ1n) is 5.26. The van der Waals surface area contributed by atoms with Crippen LogP contribution in [0.1, 0.15) is 56.3 Å². The van der Waals surface area contributed by atoms with E-state index in [2.05, 4.69) is 15.2 Å². The molecule has 1 aromatic heterocycles. The highest BCUT2D eigenvalue weighted by Crippen LogP contribution is 2.32. The second kappa shape index (κ2) is 4.09. The van der Waals surface area contributed by atoms with Gasteiger partial charge in [0.1, 0.15) is 11.9 Å². The molecule has 1 N–H and O–H groups in total. The number of methoxy groups -OCH3 is 1. The van der Waals surface area contributed by atoms with Gasteiger partial charge in [-0.3, -0.25) is 5.10 Å². The summed E-state index contributed by atoms with van der Waals surface area (Å²) in [5.74, 6) is 2.41. The highest BCUT2D eigenvalue weighted by molar-refractivity contribution is 5.01. The van der Waals surface area contributed by atoms with Crippen LogP contribution in [0, 0.1) is 0 Å². The molecule has 4 nitrogen and oxygen atoms in total. The van der Waals surface area contributed by atoms with E-state index in [9.17, 15) is 0 Å². The molecule has 0 aliphatic heterocycles. The maximum absolute atomic E-state index is 5.17. The number of hydrogen-bond acceptors (Lipinski definition) is 3. The van der Waals surface area contributed by atoms with Crippen LogP contribution in [-0.4, -0.2) is 22.3 Å². The Morgan fingerprint density at radius 2 is 2.14 bits per heavy atom. The Hall–Kier alpha value is -0.900. The molecule has 1 saturated carbocycles. The molecule has 1 heterocycles. The zero-order valence-electron chi connectivity index (χ0n) is 8.79. The third-order valence-corrected chi connectivity index (χ3v) is 2.98. The number of nitrogens with one attached hydrogen (secondary N) is 1. The molecule has 1 aromatic rings. The van der Waals surface area contributed by atoms with E-state index in [1.54, 1.807) is 7.11 Å². The maximum atomic E-state index is 5.17. The van der Waals surface area contributed by atoms with Crippen LogP contribution < -0.4 is 0 Å². The van der Waals surface area contributed by atoms with Crippen LogP contribution in [-0.2, 0) is 4.74 Å². The summed E-state index contributed by atoms with van der Waals surface area (Å²) in [4.78, 5) is 4.47. The van der Waals surface area contributed by atoms with Gasteiger partial charge in [0, 0.05) is 13.0 Å². The molecule has 78 valence electrons.